The Morgan fingerprint density at radius 2 is 2.09 bits per heavy atom. The van der Waals surface area contributed by atoms with Crippen LogP contribution in [0.3, 0.4) is 0 Å². The average molecular weight is 433 g/mol. The largest absolute Gasteiger partial charge is 0.481 e. The normalized spacial score (nSPS) is 24.6. The van der Waals surface area contributed by atoms with Gasteiger partial charge in [0, 0.05) is 29.9 Å². The van der Waals surface area contributed by atoms with Gasteiger partial charge < -0.3 is 14.8 Å². The van der Waals surface area contributed by atoms with Gasteiger partial charge in [-0.1, -0.05) is 31.2 Å². The highest BCUT2D eigenvalue weighted by Crippen LogP contribution is 2.37. The molecule has 7 heteroatoms. The van der Waals surface area contributed by atoms with Crippen molar-refractivity contribution in [3.8, 4) is 5.88 Å². The minimum absolute atomic E-state index is 0.0841. The zero-order valence-electron chi connectivity index (χ0n) is 18.9. The molecule has 2 aromatic rings. The van der Waals surface area contributed by atoms with E-state index in [1.54, 1.807) is 13.3 Å². The number of hydrogen-bond donors (Lipinski definition) is 1. The van der Waals surface area contributed by atoms with Crippen molar-refractivity contribution in [3.05, 3.63) is 64.6 Å². The zero-order chi connectivity index (χ0) is 22.4. The van der Waals surface area contributed by atoms with Crippen LogP contribution in [0.5, 0.6) is 5.88 Å². The summed E-state index contributed by atoms with van der Waals surface area (Å²) in [5, 5.41) is 7.79. The molecule has 0 spiro atoms. The third-order valence-electron chi connectivity index (χ3n) is 6.70. The van der Waals surface area contributed by atoms with Crippen molar-refractivity contribution in [2.45, 2.75) is 39.3 Å². The van der Waals surface area contributed by atoms with E-state index < -0.39 is 0 Å². The number of rotatable bonds is 3. The van der Waals surface area contributed by atoms with Crippen molar-refractivity contribution >= 4 is 17.1 Å². The van der Waals surface area contributed by atoms with E-state index in [1.807, 2.05) is 13.1 Å². The summed E-state index contributed by atoms with van der Waals surface area (Å²) in [4.78, 5) is 17.3. The average Bonchev–Trinajstić information content (AvgIpc) is 3.12. The molecule has 0 saturated carbocycles. The first-order chi connectivity index (χ1) is 15.5. The second-order valence-electron chi connectivity index (χ2n) is 8.76. The molecule has 1 aliphatic carbocycles. The lowest BCUT2D eigenvalue weighted by Crippen LogP contribution is -2.40. The Labute approximate surface area is 187 Å². The SMILES string of the molecule is COc1ncc(C)c(C2=CC=C3c4c(cnn4C4CCOCC4C)C(=O)NC3C=C2)c1C. The van der Waals surface area contributed by atoms with E-state index in [9.17, 15) is 4.79 Å². The topological polar surface area (TPSA) is 78.3 Å². The van der Waals surface area contributed by atoms with Crippen LogP contribution in [0.25, 0.3) is 11.1 Å². The second-order valence-corrected chi connectivity index (χ2v) is 8.76. The van der Waals surface area contributed by atoms with Gasteiger partial charge in [0.2, 0.25) is 5.88 Å². The maximum Gasteiger partial charge on any atom is 0.255 e. The number of aromatic nitrogens is 3. The van der Waals surface area contributed by atoms with Gasteiger partial charge in [0.15, 0.2) is 0 Å². The van der Waals surface area contributed by atoms with E-state index in [0.717, 1.165) is 40.0 Å². The van der Waals surface area contributed by atoms with Crippen LogP contribution in [0.2, 0.25) is 0 Å². The van der Waals surface area contributed by atoms with E-state index in [0.29, 0.717) is 30.6 Å². The number of nitrogens with one attached hydrogen (secondary N) is 1. The highest BCUT2D eigenvalue weighted by atomic mass is 16.5. The van der Waals surface area contributed by atoms with E-state index in [4.69, 9.17) is 9.47 Å². The van der Waals surface area contributed by atoms with Crippen molar-refractivity contribution in [3.63, 3.8) is 0 Å². The molecule has 166 valence electrons. The minimum Gasteiger partial charge on any atom is -0.481 e. The maximum atomic E-state index is 12.9. The van der Waals surface area contributed by atoms with Gasteiger partial charge in [-0.2, -0.15) is 5.10 Å². The molecule has 3 atom stereocenters. The summed E-state index contributed by atoms with van der Waals surface area (Å²) in [6.45, 7) is 7.68. The van der Waals surface area contributed by atoms with Crippen LogP contribution in [-0.4, -0.2) is 47.0 Å². The summed E-state index contributed by atoms with van der Waals surface area (Å²) in [6, 6.07) is 0.00303. The number of allylic oxidation sites excluding steroid dienone is 4. The van der Waals surface area contributed by atoms with Crippen LogP contribution in [0.4, 0.5) is 0 Å². The van der Waals surface area contributed by atoms with E-state index in [1.165, 1.54) is 0 Å². The van der Waals surface area contributed by atoms with Gasteiger partial charge in [-0.05, 0) is 37.0 Å². The number of carbonyl (C=O) groups excluding carboxylic acids is 1. The van der Waals surface area contributed by atoms with Crippen molar-refractivity contribution in [2.75, 3.05) is 20.3 Å². The van der Waals surface area contributed by atoms with E-state index in [2.05, 4.69) is 58.2 Å². The first kappa shape index (κ1) is 20.7. The summed E-state index contributed by atoms with van der Waals surface area (Å²) in [5.74, 6) is 0.870. The molecular weight excluding hydrogens is 404 g/mol. The first-order valence-corrected chi connectivity index (χ1v) is 11.1. The van der Waals surface area contributed by atoms with Gasteiger partial charge in [-0.15, -0.1) is 0 Å². The van der Waals surface area contributed by atoms with Gasteiger partial charge in [0.1, 0.15) is 0 Å². The van der Waals surface area contributed by atoms with Crippen LogP contribution in [-0.2, 0) is 4.74 Å². The minimum atomic E-state index is -0.210. The standard InChI is InChI=1S/C25H28N4O3/c1-14-11-26-25(31-4)16(3)22(14)17-5-7-18-20(8-6-17)28-24(30)19-12-27-29(23(18)19)21-9-10-32-13-15(21)2/h5-8,11-12,15,20-21H,9-10,13H2,1-4H3,(H,28,30). The third-order valence-corrected chi connectivity index (χ3v) is 6.70. The molecule has 0 bridgehead atoms. The highest BCUT2D eigenvalue weighted by molar-refractivity contribution is 6.04. The fourth-order valence-electron chi connectivity index (χ4n) is 5.05. The molecule has 0 aromatic carbocycles. The molecule has 7 nitrogen and oxygen atoms in total. The number of hydrogen-bond acceptors (Lipinski definition) is 5. The first-order valence-electron chi connectivity index (χ1n) is 11.1. The summed E-state index contributed by atoms with van der Waals surface area (Å²) in [5.41, 5.74) is 6.84. The highest BCUT2D eigenvalue weighted by Gasteiger charge is 2.35. The molecule has 4 heterocycles. The number of ether oxygens (including phenoxy) is 2. The smallest absolute Gasteiger partial charge is 0.255 e. The Balaban J connectivity index is 1.62. The van der Waals surface area contributed by atoms with Crippen LogP contribution in [0.15, 0.2) is 36.7 Å². The number of amides is 1. The molecule has 3 unspecified atom stereocenters. The van der Waals surface area contributed by atoms with Crippen LogP contribution in [0, 0.1) is 19.8 Å². The quantitative estimate of drug-likeness (QED) is 0.801. The predicted octanol–water partition coefficient (Wildman–Crippen LogP) is 3.65. The zero-order valence-corrected chi connectivity index (χ0v) is 18.9. The lowest BCUT2D eigenvalue weighted by atomic mass is 9.92. The lowest BCUT2D eigenvalue weighted by Gasteiger charge is -2.32. The molecule has 5 rings (SSSR count). The fourth-order valence-corrected chi connectivity index (χ4v) is 5.05. The predicted molar refractivity (Wildman–Crippen MR) is 122 cm³/mol. The van der Waals surface area contributed by atoms with Gasteiger partial charge in [-0.25, -0.2) is 4.98 Å². The number of nitrogens with zero attached hydrogens (tertiary/aromatic N) is 3. The van der Waals surface area contributed by atoms with Gasteiger partial charge in [-0.3, -0.25) is 9.48 Å². The lowest BCUT2D eigenvalue weighted by molar-refractivity contribution is 0.0247. The maximum absolute atomic E-state index is 12.9. The second kappa shape index (κ2) is 8.06. The fraction of sp³-hybridized carbons (Fsp3) is 0.400. The van der Waals surface area contributed by atoms with E-state index in [-0.39, 0.29) is 18.0 Å². The summed E-state index contributed by atoms with van der Waals surface area (Å²) in [6.07, 6.45) is 12.8. The Hall–Kier alpha value is -3.19. The monoisotopic (exact) mass is 432 g/mol. The number of fused-ring (bicyclic) bond motifs is 3. The summed E-state index contributed by atoms with van der Waals surface area (Å²) >= 11 is 0. The van der Waals surface area contributed by atoms with Crippen molar-refractivity contribution in [2.24, 2.45) is 5.92 Å². The van der Waals surface area contributed by atoms with Crippen molar-refractivity contribution < 1.29 is 14.3 Å². The Bertz CT molecular complexity index is 1170. The molecule has 2 aromatic heterocycles. The molecule has 2 aliphatic heterocycles. The molecule has 3 aliphatic rings. The van der Waals surface area contributed by atoms with Crippen LogP contribution in [0.1, 0.15) is 52.1 Å². The van der Waals surface area contributed by atoms with Crippen LogP contribution >= 0.6 is 0 Å². The van der Waals surface area contributed by atoms with Crippen LogP contribution < -0.4 is 10.1 Å². The summed E-state index contributed by atoms with van der Waals surface area (Å²) < 4.78 is 13.1. The van der Waals surface area contributed by atoms with Gasteiger partial charge >= 0.3 is 0 Å². The van der Waals surface area contributed by atoms with E-state index >= 15 is 0 Å². The number of pyridine rings is 1. The molecule has 1 N–H and O–H groups in total. The Morgan fingerprint density at radius 3 is 2.88 bits per heavy atom. The number of aryl methyl sites for hydroxylation is 1. The molecular formula is C25H28N4O3. The Morgan fingerprint density at radius 1 is 1.25 bits per heavy atom. The van der Waals surface area contributed by atoms with Crippen molar-refractivity contribution in [1.29, 1.82) is 0 Å². The molecule has 32 heavy (non-hydrogen) atoms. The number of methoxy groups -OCH3 is 1. The molecule has 1 amide bonds. The van der Waals surface area contributed by atoms with Gasteiger partial charge in [0.05, 0.1) is 43.3 Å². The van der Waals surface area contributed by atoms with Gasteiger partial charge in [0.25, 0.3) is 5.91 Å². The third kappa shape index (κ3) is 3.28. The Kier molecular flexibility index (Phi) is 5.21. The molecule has 1 saturated heterocycles. The molecule has 0 radical (unpaired) electrons. The summed E-state index contributed by atoms with van der Waals surface area (Å²) in [7, 11) is 1.64. The number of carbonyl (C=O) groups is 1. The molecule has 1 fully saturated rings. The van der Waals surface area contributed by atoms with Crippen molar-refractivity contribution in [1.82, 2.24) is 20.1 Å².